The molecule has 3 N–H and O–H groups in total. The van der Waals surface area contributed by atoms with Gasteiger partial charge in [0, 0.05) is 39.0 Å². The first-order valence-corrected chi connectivity index (χ1v) is 7.75. The maximum Gasteiger partial charge on any atom is 0.191 e. The lowest BCUT2D eigenvalue weighted by atomic mass is 10.2. The Kier molecular flexibility index (Phi) is 9.70. The number of nitrogens with zero attached hydrogens (tertiary/aromatic N) is 1. The fourth-order valence-electron chi connectivity index (χ4n) is 2.35. The van der Waals surface area contributed by atoms with Crippen LogP contribution in [0.25, 0.3) is 0 Å². The van der Waals surface area contributed by atoms with Crippen LogP contribution in [0.1, 0.15) is 18.4 Å². The minimum absolute atomic E-state index is 0. The van der Waals surface area contributed by atoms with Gasteiger partial charge in [0.1, 0.15) is 0 Å². The molecular weight excluding hydrogens is 403 g/mol. The Hall–Kier alpha value is -1.28. The van der Waals surface area contributed by atoms with E-state index in [1.54, 1.807) is 14.2 Å². The summed E-state index contributed by atoms with van der Waals surface area (Å²) in [6, 6.07) is 8.88. The molecule has 0 saturated heterocycles. The van der Waals surface area contributed by atoms with Crippen molar-refractivity contribution < 1.29 is 4.74 Å². The first-order chi connectivity index (χ1) is 10.8. The lowest BCUT2D eigenvalue weighted by molar-refractivity contribution is 0.211. The van der Waals surface area contributed by atoms with Crippen LogP contribution in [0.3, 0.4) is 0 Å². The Labute approximate surface area is 156 Å². The molecule has 23 heavy (non-hydrogen) atoms. The summed E-state index contributed by atoms with van der Waals surface area (Å²) in [6.07, 6.45) is 6.56. The van der Waals surface area contributed by atoms with E-state index in [9.17, 15) is 0 Å². The van der Waals surface area contributed by atoms with Gasteiger partial charge in [0.25, 0.3) is 0 Å². The summed E-state index contributed by atoms with van der Waals surface area (Å²) in [5, 5.41) is 10.1. The first kappa shape index (κ1) is 19.8. The van der Waals surface area contributed by atoms with Gasteiger partial charge in [-0.25, -0.2) is 0 Å². The van der Waals surface area contributed by atoms with Crippen LogP contribution in [0.5, 0.6) is 0 Å². The maximum absolute atomic E-state index is 5.02. The van der Waals surface area contributed by atoms with Crippen molar-refractivity contribution in [2.24, 2.45) is 4.99 Å². The zero-order valence-electron chi connectivity index (χ0n) is 13.8. The molecule has 6 heteroatoms. The van der Waals surface area contributed by atoms with Gasteiger partial charge in [0.2, 0.25) is 0 Å². The van der Waals surface area contributed by atoms with Crippen LogP contribution >= 0.6 is 24.0 Å². The van der Waals surface area contributed by atoms with E-state index in [4.69, 9.17) is 4.74 Å². The third kappa shape index (κ3) is 7.22. The highest BCUT2D eigenvalue weighted by atomic mass is 127. The Morgan fingerprint density at radius 3 is 2.52 bits per heavy atom. The molecule has 0 amide bonds. The van der Waals surface area contributed by atoms with Crippen molar-refractivity contribution in [3.8, 4) is 0 Å². The van der Waals surface area contributed by atoms with Crippen LogP contribution in [0.2, 0.25) is 0 Å². The number of hydrogen-bond donors (Lipinski definition) is 3. The summed E-state index contributed by atoms with van der Waals surface area (Å²) in [5.74, 6) is 0.857. The van der Waals surface area contributed by atoms with Crippen LogP contribution in [0, 0.1) is 0 Å². The molecule has 1 aromatic carbocycles. The number of halogens is 1. The predicted octanol–water partition coefficient (Wildman–Crippen LogP) is 2.75. The number of rotatable bonds is 7. The number of nitrogens with one attached hydrogen (secondary N) is 3. The summed E-state index contributed by atoms with van der Waals surface area (Å²) in [5.41, 5.74) is 2.34. The highest BCUT2D eigenvalue weighted by Gasteiger charge is 2.11. The van der Waals surface area contributed by atoms with Crippen molar-refractivity contribution >= 4 is 35.6 Å². The second kappa shape index (κ2) is 11.3. The molecule has 0 aromatic heterocycles. The number of ether oxygens (including phenoxy) is 1. The van der Waals surface area contributed by atoms with Crippen LogP contribution in [-0.2, 0) is 11.3 Å². The van der Waals surface area contributed by atoms with E-state index in [0.717, 1.165) is 37.6 Å². The molecule has 1 aliphatic carbocycles. The Balaban J connectivity index is 0.00000264. The second-order valence-electron chi connectivity index (χ2n) is 5.33. The maximum atomic E-state index is 5.02. The molecule has 5 nitrogen and oxygen atoms in total. The molecule has 1 aromatic rings. The third-order valence-electron chi connectivity index (χ3n) is 3.62. The van der Waals surface area contributed by atoms with E-state index in [2.05, 4.69) is 57.4 Å². The van der Waals surface area contributed by atoms with Crippen LogP contribution in [-0.4, -0.2) is 39.3 Å². The molecular formula is C17H27IN4O. The number of hydrogen-bond acceptors (Lipinski definition) is 3. The van der Waals surface area contributed by atoms with Gasteiger partial charge in [-0.2, -0.15) is 0 Å². The zero-order chi connectivity index (χ0) is 15.6. The van der Waals surface area contributed by atoms with Gasteiger partial charge in [-0.1, -0.05) is 24.3 Å². The van der Waals surface area contributed by atoms with Gasteiger partial charge in [0.05, 0.1) is 6.61 Å². The largest absolute Gasteiger partial charge is 0.383 e. The highest BCUT2D eigenvalue weighted by molar-refractivity contribution is 14.0. The third-order valence-corrected chi connectivity index (χ3v) is 3.62. The van der Waals surface area contributed by atoms with Gasteiger partial charge in [-0.3, -0.25) is 4.99 Å². The lowest BCUT2D eigenvalue weighted by Gasteiger charge is -2.17. The fraction of sp³-hybridized carbons (Fsp3) is 0.471. The molecule has 0 bridgehead atoms. The van der Waals surface area contributed by atoms with Crippen LogP contribution in [0.15, 0.2) is 41.4 Å². The van der Waals surface area contributed by atoms with Gasteiger partial charge < -0.3 is 20.7 Å². The minimum Gasteiger partial charge on any atom is -0.383 e. The van der Waals surface area contributed by atoms with Crippen molar-refractivity contribution in [2.75, 3.05) is 32.6 Å². The molecule has 0 fully saturated rings. The average Bonchev–Trinajstić information content (AvgIpc) is 3.06. The number of guanidine groups is 1. The predicted molar refractivity (Wildman–Crippen MR) is 108 cm³/mol. The quantitative estimate of drug-likeness (QED) is 0.205. The summed E-state index contributed by atoms with van der Waals surface area (Å²) < 4.78 is 5.02. The number of anilines is 1. The van der Waals surface area contributed by atoms with Crippen molar-refractivity contribution in [3.05, 3.63) is 42.0 Å². The van der Waals surface area contributed by atoms with Gasteiger partial charge in [-0.05, 0) is 30.5 Å². The summed E-state index contributed by atoms with van der Waals surface area (Å²) in [7, 11) is 3.51. The summed E-state index contributed by atoms with van der Waals surface area (Å²) in [6.45, 7) is 2.29. The van der Waals surface area contributed by atoms with E-state index in [-0.39, 0.29) is 24.0 Å². The average molecular weight is 430 g/mol. The molecule has 0 saturated carbocycles. The topological polar surface area (TPSA) is 57.7 Å². The normalized spacial score (nSPS) is 14.4. The lowest BCUT2D eigenvalue weighted by Crippen LogP contribution is -2.42. The fourth-order valence-corrected chi connectivity index (χ4v) is 2.35. The Morgan fingerprint density at radius 1 is 1.22 bits per heavy atom. The molecule has 0 atom stereocenters. The smallest absolute Gasteiger partial charge is 0.191 e. The molecule has 0 spiro atoms. The number of aliphatic imine (C=N–C) groups is 1. The standard InChI is InChI=1S/C17H26N4O.HI/c1-18-17(21-16-5-3-4-6-16)20-13-14-7-9-15(10-8-14)19-11-12-22-2;/h3-4,7-10,16,19H,5-6,11-13H2,1-2H3,(H2,18,20,21);1H. The van der Waals surface area contributed by atoms with Crippen molar-refractivity contribution in [2.45, 2.75) is 25.4 Å². The molecule has 1 aliphatic rings. The van der Waals surface area contributed by atoms with Crippen LogP contribution in [0.4, 0.5) is 5.69 Å². The van der Waals surface area contributed by atoms with E-state index in [1.165, 1.54) is 5.56 Å². The molecule has 0 aliphatic heterocycles. The highest BCUT2D eigenvalue weighted by Crippen LogP contribution is 2.10. The van der Waals surface area contributed by atoms with E-state index < -0.39 is 0 Å². The monoisotopic (exact) mass is 430 g/mol. The zero-order valence-corrected chi connectivity index (χ0v) is 16.2. The Bertz CT molecular complexity index is 494. The van der Waals surface area contributed by atoms with Gasteiger partial charge in [0.15, 0.2) is 5.96 Å². The van der Waals surface area contributed by atoms with E-state index >= 15 is 0 Å². The van der Waals surface area contributed by atoms with Gasteiger partial charge in [-0.15, -0.1) is 24.0 Å². The molecule has 0 unspecified atom stereocenters. The summed E-state index contributed by atoms with van der Waals surface area (Å²) >= 11 is 0. The van der Waals surface area contributed by atoms with E-state index in [0.29, 0.717) is 12.6 Å². The van der Waals surface area contributed by atoms with Crippen molar-refractivity contribution in [1.82, 2.24) is 10.6 Å². The molecule has 2 rings (SSSR count). The van der Waals surface area contributed by atoms with Gasteiger partial charge >= 0.3 is 0 Å². The van der Waals surface area contributed by atoms with E-state index in [1.807, 2.05) is 0 Å². The number of benzene rings is 1. The first-order valence-electron chi connectivity index (χ1n) is 7.75. The molecule has 128 valence electrons. The minimum atomic E-state index is 0. The van der Waals surface area contributed by atoms with Crippen molar-refractivity contribution in [3.63, 3.8) is 0 Å². The SMILES string of the molecule is CN=C(NCc1ccc(NCCOC)cc1)NC1CC=CC1.I. The number of methoxy groups -OCH3 is 1. The molecule has 0 heterocycles. The van der Waals surface area contributed by atoms with Crippen LogP contribution < -0.4 is 16.0 Å². The molecule has 0 radical (unpaired) electrons. The second-order valence-corrected chi connectivity index (χ2v) is 5.33. The summed E-state index contributed by atoms with van der Waals surface area (Å²) in [4.78, 5) is 4.27. The van der Waals surface area contributed by atoms with Crippen molar-refractivity contribution in [1.29, 1.82) is 0 Å². The Morgan fingerprint density at radius 2 is 1.91 bits per heavy atom.